The van der Waals surface area contributed by atoms with Gasteiger partial charge in [-0.25, -0.2) is 0 Å². The van der Waals surface area contributed by atoms with E-state index < -0.39 is 0 Å². The summed E-state index contributed by atoms with van der Waals surface area (Å²) in [5, 5.41) is 0. The molecule has 1 amide bonds. The van der Waals surface area contributed by atoms with Crippen LogP contribution in [0.2, 0.25) is 0 Å². The molecule has 1 aromatic carbocycles. The molecule has 2 aromatic rings. The average molecular weight is 346 g/mol. The summed E-state index contributed by atoms with van der Waals surface area (Å²) in [6.07, 6.45) is 12.6. The number of allylic oxidation sites excluding steroid dienone is 2. The highest BCUT2D eigenvalue weighted by Crippen LogP contribution is 2.48. The fourth-order valence-corrected chi connectivity index (χ4v) is 4.05. The number of amides is 1. The number of nitrogens with zero attached hydrogens (tertiary/aromatic N) is 2. The molecule has 1 saturated carbocycles. The molecule has 26 heavy (non-hydrogen) atoms. The van der Waals surface area contributed by atoms with Gasteiger partial charge in [0.25, 0.3) is 0 Å². The topological polar surface area (TPSA) is 33.2 Å². The molecule has 2 aliphatic carbocycles. The number of rotatable bonds is 6. The summed E-state index contributed by atoms with van der Waals surface area (Å²) < 4.78 is 0. The number of benzene rings is 1. The molecule has 0 saturated heterocycles. The van der Waals surface area contributed by atoms with E-state index in [9.17, 15) is 4.79 Å². The van der Waals surface area contributed by atoms with Crippen LogP contribution in [-0.2, 0) is 11.3 Å². The molecule has 1 aromatic heterocycles. The fourth-order valence-electron chi connectivity index (χ4n) is 4.05. The molecule has 0 bridgehead atoms. The van der Waals surface area contributed by atoms with Crippen molar-refractivity contribution >= 4 is 5.91 Å². The maximum absolute atomic E-state index is 13.3. The summed E-state index contributed by atoms with van der Waals surface area (Å²) >= 11 is 0. The van der Waals surface area contributed by atoms with Crippen LogP contribution in [0.3, 0.4) is 0 Å². The number of carbonyl (C=O) groups excluding carboxylic acids is 1. The lowest BCUT2D eigenvalue weighted by atomic mass is 9.93. The van der Waals surface area contributed by atoms with Crippen LogP contribution >= 0.6 is 0 Å². The summed E-state index contributed by atoms with van der Waals surface area (Å²) in [7, 11) is 0. The van der Waals surface area contributed by atoms with Crippen LogP contribution in [0, 0.1) is 11.8 Å². The Bertz CT molecular complexity index is 756. The molecule has 3 nitrogen and oxygen atoms in total. The third kappa shape index (κ3) is 4.04. The maximum Gasteiger partial charge on any atom is 0.226 e. The Morgan fingerprint density at radius 1 is 1.12 bits per heavy atom. The van der Waals surface area contributed by atoms with E-state index in [1.165, 1.54) is 12.0 Å². The summed E-state index contributed by atoms with van der Waals surface area (Å²) in [5.74, 6) is 1.44. The molecule has 3 atom stereocenters. The third-order valence-corrected chi connectivity index (χ3v) is 5.60. The second kappa shape index (κ2) is 7.86. The molecule has 4 rings (SSSR count). The zero-order valence-corrected chi connectivity index (χ0v) is 15.1. The maximum atomic E-state index is 13.3. The molecule has 3 heteroatoms. The van der Waals surface area contributed by atoms with E-state index in [1.807, 2.05) is 18.3 Å². The van der Waals surface area contributed by atoms with Crippen LogP contribution in [0.1, 0.15) is 42.7 Å². The Labute approximate surface area is 155 Å². The van der Waals surface area contributed by atoms with Gasteiger partial charge < -0.3 is 4.90 Å². The van der Waals surface area contributed by atoms with Crippen molar-refractivity contribution in [2.75, 3.05) is 6.54 Å². The fraction of sp³-hybridized carbons (Fsp3) is 0.391. The average Bonchev–Trinajstić information content (AvgIpc) is 3.50. The van der Waals surface area contributed by atoms with E-state index in [1.54, 1.807) is 6.20 Å². The lowest BCUT2D eigenvalue weighted by Crippen LogP contribution is -2.36. The van der Waals surface area contributed by atoms with Crippen LogP contribution in [-0.4, -0.2) is 22.3 Å². The number of pyridine rings is 1. The van der Waals surface area contributed by atoms with Crippen molar-refractivity contribution in [1.29, 1.82) is 0 Å². The van der Waals surface area contributed by atoms with Crippen LogP contribution in [0.25, 0.3) is 0 Å². The first-order valence-electron chi connectivity index (χ1n) is 9.69. The Morgan fingerprint density at radius 3 is 2.73 bits per heavy atom. The van der Waals surface area contributed by atoms with E-state index in [0.717, 1.165) is 31.4 Å². The van der Waals surface area contributed by atoms with Crippen molar-refractivity contribution in [3.8, 4) is 0 Å². The molecule has 0 N–H and O–H groups in total. The Kier molecular flexibility index (Phi) is 5.14. The zero-order chi connectivity index (χ0) is 17.8. The molecule has 0 unspecified atom stereocenters. The summed E-state index contributed by atoms with van der Waals surface area (Å²) in [6, 6.07) is 14.5. The zero-order valence-electron chi connectivity index (χ0n) is 15.1. The summed E-state index contributed by atoms with van der Waals surface area (Å²) in [6.45, 7) is 1.53. The quantitative estimate of drug-likeness (QED) is 0.718. The number of aromatic nitrogens is 1. The van der Waals surface area contributed by atoms with Crippen LogP contribution in [0.4, 0.5) is 0 Å². The van der Waals surface area contributed by atoms with Gasteiger partial charge in [0, 0.05) is 31.4 Å². The smallest absolute Gasteiger partial charge is 0.226 e. The normalized spacial score (nSPS) is 24.2. The van der Waals surface area contributed by atoms with Gasteiger partial charge in [0.2, 0.25) is 5.91 Å². The summed E-state index contributed by atoms with van der Waals surface area (Å²) in [5.41, 5.74) is 2.41. The van der Waals surface area contributed by atoms with Crippen LogP contribution in [0.5, 0.6) is 0 Å². The Balaban J connectivity index is 1.46. The second-order valence-electron chi connectivity index (χ2n) is 7.59. The molecule has 0 radical (unpaired) electrons. The monoisotopic (exact) mass is 346 g/mol. The number of hydrogen-bond acceptors (Lipinski definition) is 2. The Morgan fingerprint density at radius 2 is 2.00 bits per heavy atom. The minimum Gasteiger partial charge on any atom is -0.338 e. The standard InChI is InChI=1S/C23H26N2O/c26-23(22-14-21(22)20-11-5-2-6-12-20)25(16-18-8-3-1-4-9-18)17-19-10-7-13-24-15-19/h1-3,5-7,10-13,15,18,21-22H,4,8-9,14,16-17H2/t18-,21+,22-/m1/s1. The first-order chi connectivity index (χ1) is 12.8. The number of hydrogen-bond donors (Lipinski definition) is 0. The van der Waals surface area contributed by atoms with Crippen molar-refractivity contribution in [3.63, 3.8) is 0 Å². The highest BCUT2D eigenvalue weighted by atomic mass is 16.2. The molecular formula is C23H26N2O. The van der Waals surface area contributed by atoms with Gasteiger partial charge >= 0.3 is 0 Å². The van der Waals surface area contributed by atoms with Gasteiger partial charge in [-0.15, -0.1) is 0 Å². The van der Waals surface area contributed by atoms with E-state index >= 15 is 0 Å². The lowest BCUT2D eigenvalue weighted by Gasteiger charge is -2.29. The van der Waals surface area contributed by atoms with Gasteiger partial charge in [-0.1, -0.05) is 48.6 Å². The molecule has 0 aliphatic heterocycles. The molecule has 1 heterocycles. The van der Waals surface area contributed by atoms with Crippen molar-refractivity contribution in [1.82, 2.24) is 9.88 Å². The predicted molar refractivity (Wildman–Crippen MR) is 103 cm³/mol. The minimum absolute atomic E-state index is 0.146. The highest BCUT2D eigenvalue weighted by Gasteiger charge is 2.45. The van der Waals surface area contributed by atoms with Crippen LogP contribution < -0.4 is 0 Å². The van der Waals surface area contributed by atoms with Gasteiger partial charge in [0.15, 0.2) is 0 Å². The van der Waals surface area contributed by atoms with Gasteiger partial charge in [-0.05, 0) is 54.7 Å². The molecule has 0 spiro atoms. The largest absolute Gasteiger partial charge is 0.338 e. The molecular weight excluding hydrogens is 320 g/mol. The van der Waals surface area contributed by atoms with E-state index in [-0.39, 0.29) is 5.92 Å². The molecule has 134 valence electrons. The third-order valence-electron chi connectivity index (χ3n) is 5.60. The Hall–Kier alpha value is -2.42. The van der Waals surface area contributed by atoms with Crippen molar-refractivity contribution in [2.45, 2.75) is 38.1 Å². The van der Waals surface area contributed by atoms with E-state index in [0.29, 0.717) is 24.3 Å². The number of carbonyl (C=O) groups is 1. The first-order valence-corrected chi connectivity index (χ1v) is 9.69. The van der Waals surface area contributed by atoms with Gasteiger partial charge in [0.05, 0.1) is 0 Å². The highest BCUT2D eigenvalue weighted by molar-refractivity contribution is 5.83. The first kappa shape index (κ1) is 17.0. The van der Waals surface area contributed by atoms with Gasteiger partial charge in [-0.2, -0.15) is 0 Å². The van der Waals surface area contributed by atoms with Gasteiger partial charge in [-0.3, -0.25) is 9.78 Å². The van der Waals surface area contributed by atoms with Crippen molar-refractivity contribution in [2.24, 2.45) is 11.8 Å². The minimum atomic E-state index is 0.146. The van der Waals surface area contributed by atoms with Crippen LogP contribution in [0.15, 0.2) is 67.0 Å². The lowest BCUT2D eigenvalue weighted by molar-refractivity contribution is -0.134. The van der Waals surface area contributed by atoms with E-state index in [4.69, 9.17) is 0 Å². The van der Waals surface area contributed by atoms with Crippen molar-refractivity contribution in [3.05, 3.63) is 78.1 Å². The molecule has 2 aliphatic rings. The molecule has 1 fully saturated rings. The SMILES string of the molecule is O=C([C@@H]1C[C@H]1c1ccccc1)N(Cc1cccnc1)C[C@@H]1CC=CCC1. The predicted octanol–water partition coefficient (Wildman–Crippen LogP) is 4.57. The van der Waals surface area contributed by atoms with Crippen molar-refractivity contribution < 1.29 is 4.79 Å². The second-order valence-corrected chi connectivity index (χ2v) is 7.59. The van der Waals surface area contributed by atoms with E-state index in [2.05, 4.69) is 52.4 Å². The summed E-state index contributed by atoms with van der Waals surface area (Å²) in [4.78, 5) is 19.6. The van der Waals surface area contributed by atoms with Gasteiger partial charge in [0.1, 0.15) is 0 Å².